The van der Waals surface area contributed by atoms with E-state index in [0.29, 0.717) is 11.8 Å². The first-order chi connectivity index (χ1) is 4.36. The van der Waals surface area contributed by atoms with Gasteiger partial charge in [0.2, 0.25) is 0 Å². The van der Waals surface area contributed by atoms with Crippen molar-refractivity contribution < 1.29 is 4.79 Å². The lowest BCUT2D eigenvalue weighted by Crippen LogP contribution is -2.35. The molecule has 2 unspecified atom stereocenters. The van der Waals surface area contributed by atoms with Crippen molar-refractivity contribution in [3.05, 3.63) is 0 Å². The van der Waals surface area contributed by atoms with Crippen LogP contribution in [0.3, 0.4) is 0 Å². The molecule has 0 aliphatic carbocycles. The van der Waals surface area contributed by atoms with Gasteiger partial charge in [0.15, 0.2) is 5.78 Å². The summed E-state index contributed by atoms with van der Waals surface area (Å²) < 4.78 is 0. The molecule has 0 aromatic carbocycles. The van der Waals surface area contributed by atoms with Gasteiger partial charge in [0.25, 0.3) is 0 Å². The lowest BCUT2D eigenvalue weighted by molar-refractivity contribution is -0.118. The minimum absolute atomic E-state index is 0.240. The summed E-state index contributed by atoms with van der Waals surface area (Å²) in [4.78, 5) is 11.0. The fourth-order valence-electron chi connectivity index (χ4n) is 1.82. The van der Waals surface area contributed by atoms with E-state index in [9.17, 15) is 4.79 Å². The second-order valence-electron chi connectivity index (χ2n) is 3.02. The summed E-state index contributed by atoms with van der Waals surface area (Å²) in [7, 11) is 0. The Morgan fingerprint density at radius 2 is 2.33 bits per heavy atom. The first kappa shape index (κ1) is 5.42. The Kier molecular flexibility index (Phi) is 1.09. The van der Waals surface area contributed by atoms with Gasteiger partial charge in [0.05, 0.1) is 6.04 Å². The molecule has 2 aliphatic rings. The fraction of sp³-hybridized carbons (Fsp3) is 0.857. The lowest BCUT2D eigenvalue weighted by atomic mass is 10.1. The molecule has 0 saturated carbocycles. The van der Waals surface area contributed by atoms with Crippen molar-refractivity contribution >= 4 is 5.78 Å². The first-order valence-corrected chi connectivity index (χ1v) is 3.65. The number of carbonyl (C=O) groups is 1. The molecule has 0 spiro atoms. The van der Waals surface area contributed by atoms with Gasteiger partial charge in [-0.2, -0.15) is 0 Å². The van der Waals surface area contributed by atoms with Crippen LogP contribution in [0.15, 0.2) is 0 Å². The third-order valence-corrected chi connectivity index (χ3v) is 2.32. The van der Waals surface area contributed by atoms with Crippen molar-refractivity contribution in [2.24, 2.45) is 0 Å². The van der Waals surface area contributed by atoms with E-state index >= 15 is 0 Å². The standard InChI is InChI=1S/C7H11NO/c9-7-4-5-2-1-3-6(7)8-5/h5-6,8H,1-4H2. The van der Waals surface area contributed by atoms with Gasteiger partial charge < -0.3 is 5.32 Å². The Labute approximate surface area is 54.6 Å². The summed E-state index contributed by atoms with van der Waals surface area (Å²) in [6, 6.07) is 0.778. The van der Waals surface area contributed by atoms with Crippen LogP contribution in [0.25, 0.3) is 0 Å². The first-order valence-electron chi connectivity index (χ1n) is 3.65. The van der Waals surface area contributed by atoms with Crippen molar-refractivity contribution in [1.82, 2.24) is 5.32 Å². The molecule has 0 radical (unpaired) electrons. The SMILES string of the molecule is O=C1CC2CCCC1N2. The highest BCUT2D eigenvalue weighted by Gasteiger charge is 2.34. The molecule has 2 fully saturated rings. The Bertz CT molecular complexity index is 144. The molecule has 1 N–H and O–H groups in total. The lowest BCUT2D eigenvalue weighted by Gasteiger charge is -2.18. The van der Waals surface area contributed by atoms with E-state index in [0.717, 1.165) is 12.8 Å². The van der Waals surface area contributed by atoms with E-state index in [2.05, 4.69) is 5.32 Å². The van der Waals surface area contributed by atoms with Gasteiger partial charge in [0, 0.05) is 12.5 Å². The normalized spacial score (nSPS) is 41.6. The van der Waals surface area contributed by atoms with Crippen molar-refractivity contribution in [3.8, 4) is 0 Å². The Hall–Kier alpha value is -0.370. The Balaban J connectivity index is 2.15. The van der Waals surface area contributed by atoms with Crippen LogP contribution in [-0.4, -0.2) is 17.9 Å². The van der Waals surface area contributed by atoms with Gasteiger partial charge in [-0.05, 0) is 19.3 Å². The van der Waals surface area contributed by atoms with Gasteiger partial charge in [-0.15, -0.1) is 0 Å². The maximum Gasteiger partial charge on any atom is 0.151 e. The number of rotatable bonds is 0. The van der Waals surface area contributed by atoms with Gasteiger partial charge in [-0.3, -0.25) is 4.79 Å². The summed E-state index contributed by atoms with van der Waals surface area (Å²) >= 11 is 0. The average molecular weight is 125 g/mol. The van der Waals surface area contributed by atoms with Crippen molar-refractivity contribution in [1.29, 1.82) is 0 Å². The van der Waals surface area contributed by atoms with Gasteiger partial charge >= 0.3 is 0 Å². The second kappa shape index (κ2) is 1.81. The molecular formula is C7H11NO. The van der Waals surface area contributed by atoms with Crippen LogP contribution in [0.4, 0.5) is 0 Å². The molecule has 2 nitrogen and oxygen atoms in total. The van der Waals surface area contributed by atoms with Gasteiger partial charge in [-0.1, -0.05) is 0 Å². The predicted octanol–water partition coefficient (Wildman–Crippen LogP) is 0.470. The molecule has 2 saturated heterocycles. The van der Waals surface area contributed by atoms with E-state index in [4.69, 9.17) is 0 Å². The Morgan fingerprint density at radius 3 is 3.00 bits per heavy atom. The zero-order valence-electron chi connectivity index (χ0n) is 5.39. The highest BCUT2D eigenvalue weighted by atomic mass is 16.1. The van der Waals surface area contributed by atoms with Crippen LogP contribution in [0.5, 0.6) is 0 Å². The number of piperidine rings is 1. The number of hydrogen-bond donors (Lipinski definition) is 1. The van der Waals surface area contributed by atoms with Crippen LogP contribution < -0.4 is 5.32 Å². The molecule has 0 amide bonds. The molecule has 2 atom stereocenters. The van der Waals surface area contributed by atoms with Crippen LogP contribution in [0, 0.1) is 0 Å². The number of Topliss-reactive ketones (excluding diaryl/α,β-unsaturated/α-hetero) is 1. The minimum Gasteiger partial charge on any atom is -0.304 e. The van der Waals surface area contributed by atoms with E-state index in [1.807, 2.05) is 0 Å². The highest BCUT2D eigenvalue weighted by Crippen LogP contribution is 2.23. The smallest absolute Gasteiger partial charge is 0.151 e. The topological polar surface area (TPSA) is 29.1 Å². The number of nitrogens with one attached hydrogen (secondary N) is 1. The monoisotopic (exact) mass is 125 g/mol. The number of hydrogen-bond acceptors (Lipinski definition) is 2. The van der Waals surface area contributed by atoms with Crippen LogP contribution in [0.1, 0.15) is 25.7 Å². The molecule has 2 aliphatic heterocycles. The fourth-order valence-corrected chi connectivity index (χ4v) is 1.82. The maximum atomic E-state index is 11.0. The molecule has 0 aromatic rings. The van der Waals surface area contributed by atoms with Gasteiger partial charge in [0.1, 0.15) is 0 Å². The third kappa shape index (κ3) is 0.778. The third-order valence-electron chi connectivity index (χ3n) is 2.32. The largest absolute Gasteiger partial charge is 0.304 e. The molecule has 2 rings (SSSR count). The molecule has 2 heteroatoms. The Morgan fingerprint density at radius 1 is 1.44 bits per heavy atom. The summed E-state index contributed by atoms with van der Waals surface area (Å²) in [5.74, 6) is 0.442. The molecule has 50 valence electrons. The summed E-state index contributed by atoms with van der Waals surface area (Å²) in [6.07, 6.45) is 4.33. The van der Waals surface area contributed by atoms with E-state index in [-0.39, 0.29) is 6.04 Å². The highest BCUT2D eigenvalue weighted by molar-refractivity contribution is 5.87. The summed E-state index contributed by atoms with van der Waals surface area (Å²) in [5.41, 5.74) is 0. The molecule has 2 bridgehead atoms. The zero-order valence-corrected chi connectivity index (χ0v) is 5.39. The second-order valence-corrected chi connectivity index (χ2v) is 3.02. The molecule has 9 heavy (non-hydrogen) atoms. The zero-order chi connectivity index (χ0) is 6.27. The van der Waals surface area contributed by atoms with Crippen LogP contribution in [-0.2, 0) is 4.79 Å². The average Bonchev–Trinajstić information content (AvgIpc) is 2.09. The van der Waals surface area contributed by atoms with Crippen molar-refractivity contribution in [2.45, 2.75) is 37.8 Å². The molecule has 0 aromatic heterocycles. The maximum absolute atomic E-state index is 11.0. The summed E-state index contributed by atoms with van der Waals surface area (Å²) in [6.45, 7) is 0. The quantitative estimate of drug-likeness (QED) is 0.510. The van der Waals surface area contributed by atoms with Crippen LogP contribution in [0.2, 0.25) is 0 Å². The predicted molar refractivity (Wildman–Crippen MR) is 34.2 cm³/mol. The minimum atomic E-state index is 0.240. The number of carbonyl (C=O) groups excluding carboxylic acids is 1. The number of fused-ring (bicyclic) bond motifs is 2. The van der Waals surface area contributed by atoms with Gasteiger partial charge in [-0.25, -0.2) is 0 Å². The molecular weight excluding hydrogens is 114 g/mol. The molecule has 2 heterocycles. The number of ketones is 1. The van der Waals surface area contributed by atoms with E-state index in [1.54, 1.807) is 0 Å². The van der Waals surface area contributed by atoms with Crippen LogP contribution >= 0.6 is 0 Å². The summed E-state index contributed by atoms with van der Waals surface area (Å²) in [5, 5.41) is 3.29. The van der Waals surface area contributed by atoms with E-state index < -0.39 is 0 Å². The van der Waals surface area contributed by atoms with Crippen molar-refractivity contribution in [2.75, 3.05) is 0 Å². The van der Waals surface area contributed by atoms with E-state index in [1.165, 1.54) is 12.8 Å². The van der Waals surface area contributed by atoms with Crippen molar-refractivity contribution in [3.63, 3.8) is 0 Å².